The molecule has 0 aliphatic carbocycles. The molecule has 104 valence electrons. The maximum absolute atomic E-state index is 12.4. The van der Waals surface area contributed by atoms with E-state index in [0.29, 0.717) is 12.1 Å². The van der Waals surface area contributed by atoms with Gasteiger partial charge in [0.25, 0.3) is 5.91 Å². The molecule has 2 atom stereocenters. The van der Waals surface area contributed by atoms with E-state index in [-0.39, 0.29) is 5.91 Å². The molecule has 1 N–H and O–H groups in total. The van der Waals surface area contributed by atoms with Crippen LogP contribution in [0.15, 0.2) is 6.07 Å². The number of nitrogens with zero attached hydrogens (tertiary/aromatic N) is 1. The normalized spacial score (nSPS) is 27.3. The summed E-state index contributed by atoms with van der Waals surface area (Å²) in [6, 6.07) is 2.95. The third-order valence-corrected chi connectivity index (χ3v) is 5.42. The van der Waals surface area contributed by atoms with Crippen molar-refractivity contribution in [3.05, 3.63) is 21.4 Å². The van der Waals surface area contributed by atoms with Crippen LogP contribution in [0, 0.1) is 13.8 Å². The summed E-state index contributed by atoms with van der Waals surface area (Å²) in [4.78, 5) is 17.3. The minimum atomic E-state index is 0.124. The molecule has 0 radical (unpaired) electrons. The topological polar surface area (TPSA) is 32.3 Å². The van der Waals surface area contributed by atoms with Crippen LogP contribution in [-0.4, -0.2) is 36.0 Å². The monoisotopic (exact) mass is 278 g/mol. The summed E-state index contributed by atoms with van der Waals surface area (Å²) in [5.74, 6) is 0.124. The lowest BCUT2D eigenvalue weighted by Gasteiger charge is -2.32. The molecule has 1 aromatic heterocycles. The summed E-state index contributed by atoms with van der Waals surface area (Å²) < 4.78 is 0. The Morgan fingerprint density at radius 1 is 1.32 bits per heavy atom. The van der Waals surface area contributed by atoms with Gasteiger partial charge in [-0.15, -0.1) is 11.3 Å². The molecule has 2 unspecified atom stereocenters. The number of carbonyl (C=O) groups excluding carboxylic acids is 1. The second-order valence-corrected chi connectivity index (χ2v) is 7.26. The summed E-state index contributed by atoms with van der Waals surface area (Å²) >= 11 is 1.71. The molecule has 2 saturated heterocycles. The van der Waals surface area contributed by atoms with Crippen molar-refractivity contribution in [2.45, 2.75) is 51.6 Å². The van der Waals surface area contributed by atoms with Crippen molar-refractivity contribution >= 4 is 17.2 Å². The Bertz CT molecular complexity index is 482. The highest BCUT2D eigenvalue weighted by atomic mass is 32.1. The zero-order valence-electron chi connectivity index (χ0n) is 11.7. The molecule has 1 amide bonds. The van der Waals surface area contributed by atoms with Gasteiger partial charge in [-0.1, -0.05) is 6.42 Å². The van der Waals surface area contributed by atoms with E-state index in [1.807, 2.05) is 13.0 Å². The van der Waals surface area contributed by atoms with Crippen LogP contribution < -0.4 is 5.32 Å². The van der Waals surface area contributed by atoms with Crippen LogP contribution in [0.1, 0.15) is 45.8 Å². The first-order valence-corrected chi connectivity index (χ1v) is 8.09. The van der Waals surface area contributed by atoms with Crippen molar-refractivity contribution in [1.29, 1.82) is 0 Å². The Balaban J connectivity index is 1.68. The van der Waals surface area contributed by atoms with Gasteiger partial charge in [0.05, 0.1) is 5.56 Å². The van der Waals surface area contributed by atoms with E-state index in [0.717, 1.165) is 23.4 Å². The summed E-state index contributed by atoms with van der Waals surface area (Å²) in [5, 5.41) is 3.27. The van der Waals surface area contributed by atoms with Crippen molar-refractivity contribution < 1.29 is 4.79 Å². The van der Waals surface area contributed by atoms with Crippen LogP contribution in [-0.2, 0) is 0 Å². The molecule has 1 aromatic rings. The standard InChI is InChI=1S/C15H22N2OS/c1-10-9-12(11(2)19-10)15(18)16-13-6-8-17-7-4-3-5-14(13)17/h9,13-14H,3-8H2,1-2H3,(H,16,18). The maximum Gasteiger partial charge on any atom is 0.252 e. The third kappa shape index (κ3) is 2.56. The fourth-order valence-corrected chi connectivity index (χ4v) is 4.44. The first-order chi connectivity index (χ1) is 9.15. The molecular weight excluding hydrogens is 256 g/mol. The molecule has 3 heterocycles. The molecule has 0 spiro atoms. The van der Waals surface area contributed by atoms with Crippen molar-refractivity contribution in [2.24, 2.45) is 0 Å². The highest BCUT2D eigenvalue weighted by Gasteiger charge is 2.36. The van der Waals surface area contributed by atoms with E-state index >= 15 is 0 Å². The Hall–Kier alpha value is -0.870. The fourth-order valence-electron chi connectivity index (χ4n) is 3.52. The fraction of sp³-hybridized carbons (Fsp3) is 0.667. The van der Waals surface area contributed by atoms with Gasteiger partial charge in [0.1, 0.15) is 0 Å². The van der Waals surface area contributed by atoms with E-state index < -0.39 is 0 Å². The number of rotatable bonds is 2. The van der Waals surface area contributed by atoms with Crippen LogP contribution >= 0.6 is 11.3 Å². The first-order valence-electron chi connectivity index (χ1n) is 7.27. The molecule has 2 aliphatic heterocycles. The summed E-state index contributed by atoms with van der Waals surface area (Å²) in [5.41, 5.74) is 0.872. The van der Waals surface area contributed by atoms with Gasteiger partial charge >= 0.3 is 0 Å². The van der Waals surface area contributed by atoms with Gasteiger partial charge in [-0.25, -0.2) is 0 Å². The van der Waals surface area contributed by atoms with E-state index in [9.17, 15) is 4.79 Å². The van der Waals surface area contributed by atoms with Gasteiger partial charge in [0.15, 0.2) is 0 Å². The predicted octanol–water partition coefficient (Wildman–Crippen LogP) is 2.72. The second kappa shape index (κ2) is 5.25. The SMILES string of the molecule is Cc1cc(C(=O)NC2CCN3CCCCC23)c(C)s1. The van der Waals surface area contributed by atoms with Gasteiger partial charge < -0.3 is 5.32 Å². The average Bonchev–Trinajstić information content (AvgIpc) is 2.94. The molecule has 0 bridgehead atoms. The lowest BCUT2D eigenvalue weighted by molar-refractivity contribution is 0.0915. The third-order valence-electron chi connectivity index (χ3n) is 4.46. The molecule has 0 saturated carbocycles. The molecular formula is C15H22N2OS. The van der Waals surface area contributed by atoms with Gasteiger partial charge in [-0.3, -0.25) is 9.69 Å². The van der Waals surface area contributed by atoms with E-state index in [2.05, 4.69) is 17.1 Å². The van der Waals surface area contributed by atoms with Crippen LogP contribution in [0.25, 0.3) is 0 Å². The minimum absolute atomic E-state index is 0.124. The summed E-state index contributed by atoms with van der Waals surface area (Å²) in [6.07, 6.45) is 4.98. The van der Waals surface area contributed by atoms with Crippen LogP contribution in [0.3, 0.4) is 0 Å². The number of thiophene rings is 1. The zero-order chi connectivity index (χ0) is 13.4. The maximum atomic E-state index is 12.4. The molecule has 19 heavy (non-hydrogen) atoms. The number of nitrogens with one attached hydrogen (secondary N) is 1. The average molecular weight is 278 g/mol. The molecule has 0 aromatic carbocycles. The molecule has 4 heteroatoms. The largest absolute Gasteiger partial charge is 0.348 e. The molecule has 3 rings (SSSR count). The van der Waals surface area contributed by atoms with Crippen LogP contribution in [0.5, 0.6) is 0 Å². The van der Waals surface area contributed by atoms with E-state index in [1.54, 1.807) is 11.3 Å². The van der Waals surface area contributed by atoms with Crippen LogP contribution in [0.4, 0.5) is 0 Å². The Morgan fingerprint density at radius 2 is 2.16 bits per heavy atom. The Labute approximate surface area is 119 Å². The number of piperidine rings is 1. The van der Waals surface area contributed by atoms with Crippen molar-refractivity contribution in [3.8, 4) is 0 Å². The van der Waals surface area contributed by atoms with E-state index in [4.69, 9.17) is 0 Å². The van der Waals surface area contributed by atoms with Gasteiger partial charge in [-0.05, 0) is 45.7 Å². The summed E-state index contributed by atoms with van der Waals surface area (Å²) in [7, 11) is 0. The van der Waals surface area contributed by atoms with Crippen molar-refractivity contribution in [1.82, 2.24) is 10.2 Å². The van der Waals surface area contributed by atoms with E-state index in [1.165, 1.54) is 30.7 Å². The zero-order valence-corrected chi connectivity index (χ0v) is 12.6. The Kier molecular flexibility index (Phi) is 3.63. The molecule has 3 nitrogen and oxygen atoms in total. The number of aryl methyl sites for hydroxylation is 2. The lowest BCUT2D eigenvalue weighted by atomic mass is 9.99. The highest BCUT2D eigenvalue weighted by Crippen LogP contribution is 2.28. The second-order valence-electron chi connectivity index (χ2n) is 5.79. The minimum Gasteiger partial charge on any atom is -0.348 e. The number of carbonyl (C=O) groups is 1. The Morgan fingerprint density at radius 3 is 2.89 bits per heavy atom. The predicted molar refractivity (Wildman–Crippen MR) is 78.9 cm³/mol. The van der Waals surface area contributed by atoms with Crippen LogP contribution in [0.2, 0.25) is 0 Å². The number of hydrogen-bond donors (Lipinski definition) is 1. The number of amides is 1. The number of fused-ring (bicyclic) bond motifs is 1. The molecule has 2 fully saturated rings. The van der Waals surface area contributed by atoms with Gasteiger partial charge in [-0.2, -0.15) is 0 Å². The summed E-state index contributed by atoms with van der Waals surface area (Å²) in [6.45, 7) is 6.46. The smallest absolute Gasteiger partial charge is 0.252 e. The number of hydrogen-bond acceptors (Lipinski definition) is 3. The molecule has 2 aliphatic rings. The van der Waals surface area contributed by atoms with Crippen molar-refractivity contribution in [2.75, 3.05) is 13.1 Å². The first kappa shape index (κ1) is 13.1. The van der Waals surface area contributed by atoms with Crippen molar-refractivity contribution in [3.63, 3.8) is 0 Å². The highest BCUT2D eigenvalue weighted by molar-refractivity contribution is 7.12. The van der Waals surface area contributed by atoms with Gasteiger partial charge in [0, 0.05) is 28.4 Å². The quantitative estimate of drug-likeness (QED) is 0.902. The lowest BCUT2D eigenvalue weighted by Crippen LogP contribution is -2.46. The van der Waals surface area contributed by atoms with Gasteiger partial charge in [0.2, 0.25) is 0 Å².